The first-order chi connectivity index (χ1) is 12.2. The lowest BCUT2D eigenvalue weighted by atomic mass is 10.0. The Morgan fingerprint density at radius 1 is 1.08 bits per heavy atom. The van der Waals surface area contributed by atoms with Crippen LogP contribution in [0.1, 0.15) is 17.5 Å². The first kappa shape index (κ1) is 16.7. The minimum Gasteiger partial charge on any atom is -0.444 e. The molecule has 1 aliphatic heterocycles. The fourth-order valence-electron chi connectivity index (χ4n) is 2.58. The van der Waals surface area contributed by atoms with E-state index in [9.17, 15) is 9.59 Å². The lowest BCUT2D eigenvalue weighted by molar-refractivity contribution is -0.115. The maximum absolute atomic E-state index is 12.4. The van der Waals surface area contributed by atoms with Crippen molar-refractivity contribution in [1.82, 2.24) is 4.90 Å². The second-order valence-corrected chi connectivity index (χ2v) is 5.77. The molecule has 1 aliphatic rings. The predicted octanol–water partition coefficient (Wildman–Crippen LogP) is 4.19. The summed E-state index contributed by atoms with van der Waals surface area (Å²) in [6, 6.07) is 18.9. The number of rotatable bonds is 4. The van der Waals surface area contributed by atoms with Gasteiger partial charge in [0, 0.05) is 12.6 Å². The summed E-state index contributed by atoms with van der Waals surface area (Å²) in [6.07, 6.45) is 6.47. The maximum atomic E-state index is 12.4. The molecule has 1 unspecified atom stereocenters. The Labute approximate surface area is 147 Å². The Morgan fingerprint density at radius 3 is 2.48 bits per heavy atom. The summed E-state index contributed by atoms with van der Waals surface area (Å²) >= 11 is 0. The Morgan fingerprint density at radius 2 is 1.76 bits per heavy atom. The standard InChI is InChI=1S/C21H19NO3/c23-20-13-14-22(21(24)25-16-18-9-5-2-6-10-18)19(15-20)12-11-17-7-3-1-4-8-17/h1-14,19H,15-16H2/b12-11+. The number of carbonyl (C=O) groups excluding carboxylic acids is 2. The van der Waals surface area contributed by atoms with Crippen LogP contribution in [0.3, 0.4) is 0 Å². The summed E-state index contributed by atoms with van der Waals surface area (Å²) in [7, 11) is 0. The van der Waals surface area contributed by atoms with Gasteiger partial charge < -0.3 is 4.74 Å². The van der Waals surface area contributed by atoms with Crippen LogP contribution in [0.2, 0.25) is 0 Å². The van der Waals surface area contributed by atoms with Gasteiger partial charge in [0.05, 0.1) is 6.04 Å². The van der Waals surface area contributed by atoms with Crippen molar-refractivity contribution in [3.05, 3.63) is 90.1 Å². The summed E-state index contributed by atoms with van der Waals surface area (Å²) < 4.78 is 5.38. The van der Waals surface area contributed by atoms with Crippen LogP contribution < -0.4 is 0 Å². The molecule has 1 atom stereocenters. The molecule has 0 saturated heterocycles. The van der Waals surface area contributed by atoms with Crippen molar-refractivity contribution in [3.63, 3.8) is 0 Å². The van der Waals surface area contributed by atoms with E-state index in [-0.39, 0.29) is 24.9 Å². The van der Waals surface area contributed by atoms with E-state index < -0.39 is 6.09 Å². The number of benzene rings is 2. The van der Waals surface area contributed by atoms with Gasteiger partial charge in [-0.2, -0.15) is 0 Å². The van der Waals surface area contributed by atoms with Gasteiger partial charge >= 0.3 is 6.09 Å². The smallest absolute Gasteiger partial charge is 0.414 e. The molecule has 4 nitrogen and oxygen atoms in total. The number of allylic oxidation sites excluding steroid dienone is 1. The highest BCUT2D eigenvalue weighted by Crippen LogP contribution is 2.17. The van der Waals surface area contributed by atoms with Crippen LogP contribution in [0, 0.1) is 0 Å². The SMILES string of the molecule is O=C1C=CN(C(=O)OCc2ccccc2)C(/C=C/c2ccccc2)C1. The Hall–Kier alpha value is -3.14. The van der Waals surface area contributed by atoms with E-state index in [1.165, 1.54) is 17.2 Å². The third-order valence-electron chi connectivity index (χ3n) is 3.92. The molecular weight excluding hydrogens is 314 g/mol. The summed E-state index contributed by atoms with van der Waals surface area (Å²) in [6.45, 7) is 0.201. The second kappa shape index (κ2) is 8.11. The molecule has 0 saturated carbocycles. The molecule has 0 aliphatic carbocycles. The topological polar surface area (TPSA) is 46.6 Å². The first-order valence-corrected chi connectivity index (χ1v) is 8.16. The van der Waals surface area contributed by atoms with Crippen LogP contribution in [0.5, 0.6) is 0 Å². The molecule has 25 heavy (non-hydrogen) atoms. The molecule has 1 amide bonds. The van der Waals surface area contributed by atoms with Gasteiger partial charge in [-0.15, -0.1) is 0 Å². The molecule has 2 aromatic carbocycles. The van der Waals surface area contributed by atoms with Gasteiger partial charge in [-0.05, 0) is 17.2 Å². The lowest BCUT2D eigenvalue weighted by Gasteiger charge is -2.28. The minimum absolute atomic E-state index is 0.00480. The Bertz CT molecular complexity index is 781. The monoisotopic (exact) mass is 333 g/mol. The van der Waals surface area contributed by atoms with E-state index >= 15 is 0 Å². The fourth-order valence-corrected chi connectivity index (χ4v) is 2.58. The number of amides is 1. The van der Waals surface area contributed by atoms with Crippen molar-refractivity contribution in [3.8, 4) is 0 Å². The van der Waals surface area contributed by atoms with Crippen LogP contribution >= 0.6 is 0 Å². The molecule has 0 N–H and O–H groups in total. The predicted molar refractivity (Wildman–Crippen MR) is 96.5 cm³/mol. The number of ether oxygens (including phenoxy) is 1. The molecule has 0 spiro atoms. The van der Waals surface area contributed by atoms with Gasteiger partial charge in [-0.3, -0.25) is 9.69 Å². The van der Waals surface area contributed by atoms with E-state index in [0.29, 0.717) is 0 Å². The zero-order chi connectivity index (χ0) is 17.5. The highest BCUT2D eigenvalue weighted by atomic mass is 16.6. The highest BCUT2D eigenvalue weighted by molar-refractivity contribution is 5.92. The fraction of sp³-hybridized carbons (Fsp3) is 0.143. The number of nitrogens with zero attached hydrogens (tertiary/aromatic N) is 1. The maximum Gasteiger partial charge on any atom is 0.414 e. The molecule has 2 aromatic rings. The van der Waals surface area contributed by atoms with Gasteiger partial charge in [0.2, 0.25) is 0 Å². The van der Waals surface area contributed by atoms with Crippen molar-refractivity contribution in [1.29, 1.82) is 0 Å². The molecular formula is C21H19NO3. The third kappa shape index (κ3) is 4.67. The third-order valence-corrected chi connectivity index (χ3v) is 3.92. The second-order valence-electron chi connectivity index (χ2n) is 5.77. The molecule has 0 aromatic heterocycles. The van der Waals surface area contributed by atoms with Crippen molar-refractivity contribution in [2.24, 2.45) is 0 Å². The molecule has 126 valence electrons. The molecule has 4 heteroatoms. The first-order valence-electron chi connectivity index (χ1n) is 8.16. The van der Waals surface area contributed by atoms with Crippen molar-refractivity contribution < 1.29 is 14.3 Å². The molecule has 3 rings (SSSR count). The van der Waals surface area contributed by atoms with Gasteiger partial charge in [-0.25, -0.2) is 4.79 Å². The summed E-state index contributed by atoms with van der Waals surface area (Å²) in [5.41, 5.74) is 1.94. The Balaban J connectivity index is 1.68. The summed E-state index contributed by atoms with van der Waals surface area (Å²) in [5.74, 6) is -0.00480. The average molecular weight is 333 g/mol. The number of carbonyl (C=O) groups is 2. The molecule has 0 fully saturated rings. The number of hydrogen-bond donors (Lipinski definition) is 0. The molecule has 0 radical (unpaired) electrons. The Kier molecular flexibility index (Phi) is 5.42. The van der Waals surface area contributed by atoms with Gasteiger partial charge in [0.1, 0.15) is 6.61 Å². The van der Waals surface area contributed by atoms with Crippen LogP contribution in [0.15, 0.2) is 79.0 Å². The van der Waals surface area contributed by atoms with E-state index in [1.807, 2.05) is 72.8 Å². The van der Waals surface area contributed by atoms with Crippen LogP contribution in [0.4, 0.5) is 4.79 Å². The van der Waals surface area contributed by atoms with Gasteiger partial charge in [0.25, 0.3) is 0 Å². The van der Waals surface area contributed by atoms with Gasteiger partial charge in [-0.1, -0.05) is 72.8 Å². The van der Waals surface area contributed by atoms with E-state index in [1.54, 1.807) is 0 Å². The van der Waals surface area contributed by atoms with Gasteiger partial charge in [0.15, 0.2) is 5.78 Å². The van der Waals surface area contributed by atoms with E-state index in [2.05, 4.69) is 0 Å². The number of hydrogen-bond acceptors (Lipinski definition) is 3. The van der Waals surface area contributed by atoms with Crippen LogP contribution in [-0.2, 0) is 16.1 Å². The lowest BCUT2D eigenvalue weighted by Crippen LogP contribution is -2.39. The largest absolute Gasteiger partial charge is 0.444 e. The van der Waals surface area contributed by atoms with E-state index in [0.717, 1.165) is 11.1 Å². The zero-order valence-corrected chi connectivity index (χ0v) is 13.7. The summed E-state index contributed by atoms with van der Waals surface area (Å²) in [4.78, 5) is 25.6. The quantitative estimate of drug-likeness (QED) is 0.843. The van der Waals surface area contributed by atoms with Crippen LogP contribution in [-0.4, -0.2) is 22.8 Å². The van der Waals surface area contributed by atoms with E-state index in [4.69, 9.17) is 4.74 Å². The van der Waals surface area contributed by atoms with Crippen molar-refractivity contribution in [2.45, 2.75) is 19.1 Å². The minimum atomic E-state index is -0.463. The summed E-state index contributed by atoms with van der Waals surface area (Å²) in [5, 5.41) is 0. The molecule has 1 heterocycles. The van der Waals surface area contributed by atoms with Crippen molar-refractivity contribution in [2.75, 3.05) is 0 Å². The molecule has 0 bridgehead atoms. The highest BCUT2D eigenvalue weighted by Gasteiger charge is 2.26. The van der Waals surface area contributed by atoms with Crippen molar-refractivity contribution >= 4 is 18.0 Å². The zero-order valence-electron chi connectivity index (χ0n) is 13.7. The normalized spacial score (nSPS) is 17.0. The number of ketones is 1. The van der Waals surface area contributed by atoms with Crippen LogP contribution in [0.25, 0.3) is 6.08 Å². The average Bonchev–Trinajstić information content (AvgIpc) is 2.66.